The average molecular weight is 268 g/mol. The van der Waals surface area contributed by atoms with Gasteiger partial charge >= 0.3 is 0 Å². The molecule has 0 heterocycles. The molecule has 0 bridgehead atoms. The van der Waals surface area contributed by atoms with Crippen molar-refractivity contribution in [3.8, 4) is 0 Å². The average Bonchev–Trinajstić information content (AvgIpc) is 2.35. The second-order valence-electron chi connectivity index (χ2n) is 3.68. The lowest BCUT2D eigenvalue weighted by Crippen LogP contribution is -2.30. The van der Waals surface area contributed by atoms with Gasteiger partial charge in [0.25, 0.3) is 0 Å². The summed E-state index contributed by atoms with van der Waals surface area (Å²) in [5.74, 6) is 0.987. The summed E-state index contributed by atoms with van der Waals surface area (Å²) in [7, 11) is 1.64. The lowest BCUT2D eigenvalue weighted by molar-refractivity contribution is -0.115. The lowest BCUT2D eigenvalue weighted by atomic mass is 10.3. The predicted octanol–water partition coefficient (Wildman–Crippen LogP) is 1.97. The summed E-state index contributed by atoms with van der Waals surface area (Å²) in [4.78, 5) is 12.8. The van der Waals surface area contributed by atoms with E-state index in [-0.39, 0.29) is 5.91 Å². The molecule has 18 heavy (non-hydrogen) atoms. The number of hydrogen-bond acceptors (Lipinski definition) is 4. The monoisotopic (exact) mass is 268 g/mol. The van der Waals surface area contributed by atoms with Crippen LogP contribution in [0.3, 0.4) is 0 Å². The molecule has 0 aromatic heterocycles. The van der Waals surface area contributed by atoms with Crippen molar-refractivity contribution in [1.82, 2.24) is 5.32 Å². The third-order valence-corrected chi connectivity index (χ3v) is 3.07. The minimum atomic E-state index is -0.0373. The fraction of sp³-hybridized carbons (Fsp3) is 0.462. The highest BCUT2D eigenvalue weighted by molar-refractivity contribution is 7.99. The number of anilines is 1. The molecule has 1 rings (SSSR count). The molecule has 1 amide bonds. The van der Waals surface area contributed by atoms with Crippen LogP contribution in [0.1, 0.15) is 6.92 Å². The summed E-state index contributed by atoms with van der Waals surface area (Å²) in [6.45, 7) is 3.69. The van der Waals surface area contributed by atoms with Crippen LogP contribution in [0.5, 0.6) is 0 Å². The largest absolute Gasteiger partial charge is 0.383 e. The van der Waals surface area contributed by atoms with Crippen molar-refractivity contribution in [2.75, 3.05) is 37.9 Å². The molecule has 5 heteroatoms. The highest BCUT2D eigenvalue weighted by atomic mass is 32.2. The third-order valence-electron chi connectivity index (χ3n) is 2.20. The molecule has 0 radical (unpaired) electrons. The Labute approximate surface area is 112 Å². The van der Waals surface area contributed by atoms with Gasteiger partial charge in [0, 0.05) is 24.2 Å². The van der Waals surface area contributed by atoms with Crippen LogP contribution in [-0.2, 0) is 9.53 Å². The number of nitrogens with one attached hydrogen (secondary N) is 2. The van der Waals surface area contributed by atoms with Crippen molar-refractivity contribution in [2.24, 2.45) is 0 Å². The SMILES string of the molecule is CCSc1cccc(NC(=O)CNCCOC)c1. The van der Waals surface area contributed by atoms with Crippen molar-refractivity contribution in [2.45, 2.75) is 11.8 Å². The van der Waals surface area contributed by atoms with Crippen LogP contribution in [0.2, 0.25) is 0 Å². The van der Waals surface area contributed by atoms with Crippen LogP contribution in [-0.4, -0.2) is 38.5 Å². The first kappa shape index (κ1) is 15.0. The molecule has 0 aliphatic heterocycles. The third kappa shape index (κ3) is 6.05. The van der Waals surface area contributed by atoms with E-state index in [0.717, 1.165) is 11.4 Å². The maximum Gasteiger partial charge on any atom is 0.238 e. The number of methoxy groups -OCH3 is 1. The topological polar surface area (TPSA) is 50.4 Å². The first-order chi connectivity index (χ1) is 8.76. The van der Waals surface area contributed by atoms with Crippen LogP contribution in [0, 0.1) is 0 Å². The van der Waals surface area contributed by atoms with E-state index in [2.05, 4.69) is 17.6 Å². The first-order valence-electron chi connectivity index (χ1n) is 5.98. The molecule has 0 atom stereocenters. The van der Waals surface area contributed by atoms with Crippen molar-refractivity contribution >= 4 is 23.4 Å². The highest BCUT2D eigenvalue weighted by Crippen LogP contribution is 2.20. The zero-order valence-corrected chi connectivity index (χ0v) is 11.7. The number of benzene rings is 1. The molecular weight excluding hydrogens is 248 g/mol. The number of hydrogen-bond donors (Lipinski definition) is 2. The summed E-state index contributed by atoms with van der Waals surface area (Å²) in [5, 5.41) is 5.87. The molecule has 4 nitrogen and oxygen atoms in total. The number of carbonyl (C=O) groups is 1. The molecule has 0 spiro atoms. The fourth-order valence-corrected chi connectivity index (χ4v) is 2.13. The van der Waals surface area contributed by atoms with Gasteiger partial charge in [0.15, 0.2) is 0 Å². The Kier molecular flexibility index (Phi) is 7.48. The van der Waals surface area contributed by atoms with E-state index in [9.17, 15) is 4.79 Å². The van der Waals surface area contributed by atoms with Gasteiger partial charge in [-0.1, -0.05) is 13.0 Å². The highest BCUT2D eigenvalue weighted by Gasteiger charge is 2.02. The molecular formula is C13H20N2O2S. The molecule has 0 aliphatic rings. The zero-order valence-electron chi connectivity index (χ0n) is 10.9. The molecule has 1 aromatic carbocycles. The predicted molar refractivity (Wildman–Crippen MR) is 76.2 cm³/mol. The minimum Gasteiger partial charge on any atom is -0.383 e. The second-order valence-corrected chi connectivity index (χ2v) is 5.02. The number of carbonyl (C=O) groups excluding carboxylic acids is 1. The van der Waals surface area contributed by atoms with Crippen LogP contribution >= 0.6 is 11.8 Å². The van der Waals surface area contributed by atoms with Gasteiger partial charge < -0.3 is 15.4 Å². The molecule has 0 saturated heterocycles. The van der Waals surface area contributed by atoms with Crippen LogP contribution < -0.4 is 10.6 Å². The number of thioether (sulfide) groups is 1. The van der Waals surface area contributed by atoms with Crippen molar-refractivity contribution < 1.29 is 9.53 Å². The van der Waals surface area contributed by atoms with Crippen molar-refractivity contribution in [3.63, 3.8) is 0 Å². The van der Waals surface area contributed by atoms with Gasteiger partial charge in [-0.05, 0) is 24.0 Å². The summed E-state index contributed by atoms with van der Waals surface area (Å²) in [5.41, 5.74) is 0.840. The summed E-state index contributed by atoms with van der Waals surface area (Å²) in [6, 6.07) is 7.88. The molecule has 2 N–H and O–H groups in total. The standard InChI is InChI=1S/C13H20N2O2S/c1-3-18-12-6-4-5-11(9-12)15-13(16)10-14-7-8-17-2/h4-6,9,14H,3,7-8,10H2,1-2H3,(H,15,16). The van der Waals surface area contributed by atoms with Crippen LogP contribution in [0.4, 0.5) is 5.69 Å². The van der Waals surface area contributed by atoms with Gasteiger partial charge in [-0.25, -0.2) is 0 Å². The molecule has 0 fully saturated rings. The second kappa shape index (κ2) is 8.97. The Hall–Kier alpha value is -1.04. The van der Waals surface area contributed by atoms with Gasteiger partial charge in [0.1, 0.15) is 0 Å². The first-order valence-corrected chi connectivity index (χ1v) is 6.97. The number of ether oxygens (including phenoxy) is 1. The van der Waals surface area contributed by atoms with Gasteiger partial charge in [-0.3, -0.25) is 4.79 Å². The maximum absolute atomic E-state index is 11.6. The minimum absolute atomic E-state index is 0.0373. The van der Waals surface area contributed by atoms with Gasteiger partial charge in [-0.2, -0.15) is 0 Å². The number of rotatable bonds is 8. The van der Waals surface area contributed by atoms with E-state index in [1.807, 2.05) is 24.3 Å². The quantitative estimate of drug-likeness (QED) is 0.559. The Morgan fingerprint density at radius 1 is 1.44 bits per heavy atom. The summed E-state index contributed by atoms with van der Waals surface area (Å²) < 4.78 is 4.89. The molecule has 0 aliphatic carbocycles. The molecule has 1 aromatic rings. The maximum atomic E-state index is 11.6. The van der Waals surface area contributed by atoms with Gasteiger partial charge in [0.05, 0.1) is 13.2 Å². The molecule has 0 saturated carbocycles. The van der Waals surface area contributed by atoms with E-state index >= 15 is 0 Å². The smallest absolute Gasteiger partial charge is 0.238 e. The fourth-order valence-electron chi connectivity index (χ4n) is 1.41. The van der Waals surface area contributed by atoms with Crippen LogP contribution in [0.15, 0.2) is 29.2 Å². The van der Waals surface area contributed by atoms with Gasteiger partial charge in [-0.15, -0.1) is 11.8 Å². The summed E-state index contributed by atoms with van der Waals surface area (Å²) >= 11 is 1.76. The van der Waals surface area contributed by atoms with E-state index in [0.29, 0.717) is 19.7 Å². The van der Waals surface area contributed by atoms with E-state index in [4.69, 9.17) is 4.74 Å². The Bertz CT molecular complexity index is 372. The van der Waals surface area contributed by atoms with E-state index < -0.39 is 0 Å². The number of amides is 1. The lowest BCUT2D eigenvalue weighted by Gasteiger charge is -2.07. The molecule has 0 unspecified atom stereocenters. The van der Waals surface area contributed by atoms with Crippen molar-refractivity contribution in [3.05, 3.63) is 24.3 Å². The van der Waals surface area contributed by atoms with E-state index in [1.54, 1.807) is 18.9 Å². The van der Waals surface area contributed by atoms with Crippen molar-refractivity contribution in [1.29, 1.82) is 0 Å². The Balaban J connectivity index is 2.36. The Morgan fingerprint density at radius 3 is 3.00 bits per heavy atom. The molecule has 100 valence electrons. The summed E-state index contributed by atoms with van der Waals surface area (Å²) in [6.07, 6.45) is 0. The zero-order chi connectivity index (χ0) is 13.2. The van der Waals surface area contributed by atoms with Crippen LogP contribution in [0.25, 0.3) is 0 Å². The van der Waals surface area contributed by atoms with Gasteiger partial charge in [0.2, 0.25) is 5.91 Å². The normalized spacial score (nSPS) is 10.3. The van der Waals surface area contributed by atoms with E-state index in [1.165, 1.54) is 4.90 Å². The Morgan fingerprint density at radius 2 is 2.28 bits per heavy atom.